The second-order valence-electron chi connectivity index (χ2n) is 3.46. The lowest BCUT2D eigenvalue weighted by Crippen LogP contribution is -2.46. The summed E-state index contributed by atoms with van der Waals surface area (Å²) >= 11 is 0. The molecule has 0 saturated heterocycles. The zero-order valence-corrected chi connectivity index (χ0v) is 9.07. The molecule has 0 aliphatic heterocycles. The van der Waals surface area contributed by atoms with E-state index in [9.17, 15) is 39.5 Å². The summed E-state index contributed by atoms with van der Waals surface area (Å²) in [6.45, 7) is 0. The van der Waals surface area contributed by atoms with Crippen LogP contribution in [-0.2, 0) is 6.18 Å². The molecular weight excluding hydrogens is 309 g/mol. The Hall–Kier alpha value is -1.68. The van der Waals surface area contributed by atoms with Gasteiger partial charge >= 0.3 is 18.5 Å². The highest BCUT2D eigenvalue weighted by Gasteiger charge is 2.59. The smallest absolute Gasteiger partial charge is 0.434 e. The molecular formula is C9H4F9NO. The van der Waals surface area contributed by atoms with Gasteiger partial charge in [0.15, 0.2) is 0 Å². The second kappa shape index (κ2) is 5.02. The van der Waals surface area contributed by atoms with Crippen molar-refractivity contribution in [3.8, 4) is 5.75 Å². The maximum absolute atomic E-state index is 12.1. The molecule has 1 rings (SSSR count). The molecule has 0 bridgehead atoms. The van der Waals surface area contributed by atoms with Crippen LogP contribution < -0.4 is 4.74 Å². The van der Waals surface area contributed by atoms with Crippen molar-refractivity contribution in [2.45, 2.75) is 24.6 Å². The van der Waals surface area contributed by atoms with Crippen LogP contribution in [0.4, 0.5) is 39.5 Å². The molecule has 0 fully saturated rings. The molecule has 0 unspecified atom stereocenters. The zero-order valence-electron chi connectivity index (χ0n) is 9.07. The largest absolute Gasteiger partial charge is 0.470 e. The van der Waals surface area contributed by atoms with E-state index in [0.29, 0.717) is 6.07 Å². The van der Waals surface area contributed by atoms with Crippen molar-refractivity contribution in [1.82, 2.24) is 4.98 Å². The van der Waals surface area contributed by atoms with Gasteiger partial charge in [0.1, 0.15) is 11.4 Å². The van der Waals surface area contributed by atoms with Crippen LogP contribution >= 0.6 is 0 Å². The Morgan fingerprint density at radius 1 is 0.850 bits per heavy atom. The molecule has 20 heavy (non-hydrogen) atoms. The molecule has 0 amide bonds. The molecule has 0 radical (unpaired) electrons. The highest BCUT2D eigenvalue weighted by Crippen LogP contribution is 2.36. The summed E-state index contributed by atoms with van der Waals surface area (Å²) in [6.07, 6.45) is -20.4. The van der Waals surface area contributed by atoms with Crippen LogP contribution in [0.3, 0.4) is 0 Å². The lowest BCUT2D eigenvalue weighted by atomic mass is 10.3. The van der Waals surface area contributed by atoms with Crippen LogP contribution in [0.25, 0.3) is 0 Å². The molecule has 2 nitrogen and oxygen atoms in total. The third kappa shape index (κ3) is 4.17. The van der Waals surface area contributed by atoms with Gasteiger partial charge in [0.25, 0.3) is 6.10 Å². The molecule has 0 N–H and O–H groups in total. The van der Waals surface area contributed by atoms with Crippen molar-refractivity contribution in [3.63, 3.8) is 0 Å². The quantitative estimate of drug-likeness (QED) is 0.771. The van der Waals surface area contributed by atoms with Gasteiger partial charge < -0.3 is 4.74 Å². The van der Waals surface area contributed by atoms with Crippen LogP contribution in [0.1, 0.15) is 5.69 Å². The Morgan fingerprint density at radius 3 is 1.65 bits per heavy atom. The average molecular weight is 313 g/mol. The van der Waals surface area contributed by atoms with E-state index in [0.717, 1.165) is 0 Å². The van der Waals surface area contributed by atoms with Crippen molar-refractivity contribution in [1.29, 1.82) is 0 Å². The Bertz CT molecular complexity index is 430. The molecule has 0 aliphatic carbocycles. The number of halogens is 9. The van der Waals surface area contributed by atoms with Gasteiger partial charge in [-0.2, -0.15) is 39.5 Å². The summed E-state index contributed by atoms with van der Waals surface area (Å²) in [7, 11) is 0. The van der Waals surface area contributed by atoms with Gasteiger partial charge in [-0.25, -0.2) is 4.98 Å². The number of nitrogens with zero attached hydrogens (tertiary/aromatic N) is 1. The third-order valence-corrected chi connectivity index (χ3v) is 1.88. The topological polar surface area (TPSA) is 22.1 Å². The lowest BCUT2D eigenvalue weighted by molar-refractivity contribution is -0.300. The first-order chi connectivity index (χ1) is 8.82. The summed E-state index contributed by atoms with van der Waals surface area (Å²) in [5.41, 5.74) is -1.47. The van der Waals surface area contributed by atoms with Gasteiger partial charge in [0.05, 0.1) is 6.20 Å². The Labute approximate surface area is 105 Å². The molecule has 1 aromatic rings. The van der Waals surface area contributed by atoms with Crippen molar-refractivity contribution in [2.24, 2.45) is 0 Å². The van der Waals surface area contributed by atoms with E-state index in [4.69, 9.17) is 0 Å². The first-order valence-corrected chi connectivity index (χ1v) is 4.65. The van der Waals surface area contributed by atoms with Crippen LogP contribution in [0.15, 0.2) is 18.3 Å². The number of ether oxygens (including phenoxy) is 1. The minimum atomic E-state index is -5.76. The Balaban J connectivity index is 2.97. The number of aromatic nitrogens is 1. The van der Waals surface area contributed by atoms with E-state index >= 15 is 0 Å². The third-order valence-electron chi connectivity index (χ3n) is 1.88. The fourth-order valence-corrected chi connectivity index (χ4v) is 1.07. The predicted octanol–water partition coefficient (Wildman–Crippen LogP) is 3.97. The van der Waals surface area contributed by atoms with Gasteiger partial charge in [-0.3, -0.25) is 0 Å². The molecule has 1 aromatic heterocycles. The normalized spacial score (nSPS) is 13.7. The molecule has 0 atom stereocenters. The summed E-state index contributed by atoms with van der Waals surface area (Å²) in [5.74, 6) is -1.09. The van der Waals surface area contributed by atoms with Crippen LogP contribution in [0.5, 0.6) is 5.75 Å². The summed E-state index contributed by atoms with van der Waals surface area (Å²) < 4.78 is 113. The zero-order chi connectivity index (χ0) is 15.8. The number of alkyl halides is 9. The van der Waals surface area contributed by atoms with Gasteiger partial charge in [-0.15, -0.1) is 0 Å². The molecule has 1 heterocycles. The van der Waals surface area contributed by atoms with Crippen molar-refractivity contribution < 1.29 is 44.3 Å². The highest BCUT2D eigenvalue weighted by molar-refractivity contribution is 5.21. The number of hydrogen-bond donors (Lipinski definition) is 0. The standard InChI is InChI=1S/C9H4F9NO/c10-7(11,12)5-2-1-4(3-19-5)20-6(8(13,14)15)9(16,17)18/h1-3,6H. The first kappa shape index (κ1) is 16.4. The van der Waals surface area contributed by atoms with Gasteiger partial charge in [-0.05, 0) is 12.1 Å². The van der Waals surface area contributed by atoms with E-state index in [1.54, 1.807) is 0 Å². The molecule has 0 aliphatic rings. The predicted molar refractivity (Wildman–Crippen MR) is 45.8 cm³/mol. The van der Waals surface area contributed by atoms with Crippen LogP contribution in [-0.4, -0.2) is 23.4 Å². The van der Waals surface area contributed by atoms with E-state index < -0.39 is 36.1 Å². The van der Waals surface area contributed by atoms with Crippen LogP contribution in [0, 0.1) is 0 Å². The number of rotatable bonds is 2. The maximum atomic E-state index is 12.1. The van der Waals surface area contributed by atoms with Gasteiger partial charge in [0.2, 0.25) is 0 Å². The highest BCUT2D eigenvalue weighted by atomic mass is 19.4. The monoisotopic (exact) mass is 313 g/mol. The molecule has 0 aromatic carbocycles. The van der Waals surface area contributed by atoms with Gasteiger partial charge in [-0.1, -0.05) is 0 Å². The summed E-state index contributed by atoms with van der Waals surface area (Å²) in [6, 6.07) is 0.527. The fraction of sp³-hybridized carbons (Fsp3) is 0.444. The Morgan fingerprint density at radius 2 is 1.35 bits per heavy atom. The Kier molecular flexibility index (Phi) is 4.11. The van der Waals surface area contributed by atoms with E-state index in [1.807, 2.05) is 0 Å². The number of hydrogen-bond acceptors (Lipinski definition) is 2. The molecule has 11 heteroatoms. The number of pyridine rings is 1. The fourth-order valence-electron chi connectivity index (χ4n) is 1.07. The SMILES string of the molecule is FC(F)(F)c1ccc(OC(C(F)(F)F)C(F)(F)F)cn1. The summed E-state index contributed by atoms with van der Waals surface area (Å²) in [5, 5.41) is 0. The van der Waals surface area contributed by atoms with Crippen LogP contribution in [0.2, 0.25) is 0 Å². The van der Waals surface area contributed by atoms with E-state index in [-0.39, 0.29) is 12.3 Å². The minimum Gasteiger partial charge on any atom is -0.470 e. The maximum Gasteiger partial charge on any atom is 0.434 e. The molecule has 0 spiro atoms. The van der Waals surface area contributed by atoms with E-state index in [1.165, 1.54) is 0 Å². The average Bonchev–Trinajstić information content (AvgIpc) is 2.22. The summed E-state index contributed by atoms with van der Waals surface area (Å²) in [4.78, 5) is 2.68. The van der Waals surface area contributed by atoms with Crippen molar-refractivity contribution >= 4 is 0 Å². The van der Waals surface area contributed by atoms with Gasteiger partial charge in [0, 0.05) is 0 Å². The van der Waals surface area contributed by atoms with Crippen molar-refractivity contribution in [3.05, 3.63) is 24.0 Å². The molecule has 0 saturated carbocycles. The lowest BCUT2D eigenvalue weighted by Gasteiger charge is -2.23. The molecule has 114 valence electrons. The minimum absolute atomic E-state index is 0.132. The van der Waals surface area contributed by atoms with E-state index in [2.05, 4.69) is 9.72 Å². The second-order valence-corrected chi connectivity index (χ2v) is 3.46. The van der Waals surface area contributed by atoms with Crippen molar-refractivity contribution in [2.75, 3.05) is 0 Å². The first-order valence-electron chi connectivity index (χ1n) is 4.65.